The van der Waals surface area contributed by atoms with Crippen molar-refractivity contribution >= 4 is 5.97 Å². The first-order valence-electron chi connectivity index (χ1n) is 6.14. The fraction of sp³-hybridized carbons (Fsp3) is 0.643. The van der Waals surface area contributed by atoms with E-state index in [9.17, 15) is 4.79 Å². The fourth-order valence-corrected chi connectivity index (χ4v) is 1.66. The molecule has 17 heavy (non-hydrogen) atoms. The standard InChI is InChI=1S/C14H22O3/c1-5-16-13(15)8-6-7-11(2)9-10-12-14(3,4)17-12/h6-8,12H,5,9-10H2,1-4H3/b8-6+,11-7+. The van der Waals surface area contributed by atoms with Crippen LogP contribution in [0.3, 0.4) is 0 Å². The van der Waals surface area contributed by atoms with Gasteiger partial charge < -0.3 is 9.47 Å². The summed E-state index contributed by atoms with van der Waals surface area (Å²) in [6, 6.07) is 0. The molecule has 0 radical (unpaired) electrons. The molecule has 3 heteroatoms. The Morgan fingerprint density at radius 1 is 1.47 bits per heavy atom. The molecule has 0 spiro atoms. The lowest BCUT2D eigenvalue weighted by Crippen LogP contribution is -2.02. The maximum absolute atomic E-state index is 11.0. The topological polar surface area (TPSA) is 38.8 Å². The Labute approximate surface area is 103 Å². The van der Waals surface area contributed by atoms with Gasteiger partial charge >= 0.3 is 5.97 Å². The summed E-state index contributed by atoms with van der Waals surface area (Å²) in [6.45, 7) is 8.49. The lowest BCUT2D eigenvalue weighted by atomic mass is 10.0. The van der Waals surface area contributed by atoms with E-state index in [2.05, 4.69) is 20.8 Å². The second kappa shape index (κ2) is 6.01. The normalized spacial score (nSPS) is 22.8. The molecule has 1 unspecified atom stereocenters. The monoisotopic (exact) mass is 238 g/mol. The third-order valence-electron chi connectivity index (χ3n) is 2.86. The van der Waals surface area contributed by atoms with E-state index in [1.165, 1.54) is 11.6 Å². The molecule has 0 bridgehead atoms. The highest BCUT2D eigenvalue weighted by Crippen LogP contribution is 2.38. The summed E-state index contributed by atoms with van der Waals surface area (Å²) >= 11 is 0. The number of allylic oxidation sites excluding steroid dienone is 3. The van der Waals surface area contributed by atoms with Crippen molar-refractivity contribution in [3.8, 4) is 0 Å². The summed E-state index contributed by atoms with van der Waals surface area (Å²) in [7, 11) is 0. The van der Waals surface area contributed by atoms with Crippen molar-refractivity contribution in [1.82, 2.24) is 0 Å². The second-order valence-corrected chi connectivity index (χ2v) is 4.87. The van der Waals surface area contributed by atoms with Crippen molar-refractivity contribution < 1.29 is 14.3 Å². The predicted octanol–water partition coefficient (Wildman–Crippen LogP) is 3.01. The lowest BCUT2D eigenvalue weighted by molar-refractivity contribution is -0.137. The molecule has 1 heterocycles. The van der Waals surface area contributed by atoms with Crippen LogP contribution in [-0.4, -0.2) is 24.3 Å². The first-order chi connectivity index (χ1) is 7.95. The predicted molar refractivity (Wildman–Crippen MR) is 67.7 cm³/mol. The smallest absolute Gasteiger partial charge is 0.330 e. The molecule has 1 atom stereocenters. The van der Waals surface area contributed by atoms with E-state index < -0.39 is 0 Å². The largest absolute Gasteiger partial charge is 0.463 e. The maximum Gasteiger partial charge on any atom is 0.330 e. The van der Waals surface area contributed by atoms with Gasteiger partial charge in [-0.05, 0) is 40.5 Å². The third kappa shape index (κ3) is 5.18. The van der Waals surface area contributed by atoms with Crippen LogP contribution < -0.4 is 0 Å². The molecule has 0 N–H and O–H groups in total. The average Bonchev–Trinajstić information content (AvgIpc) is 2.84. The minimum Gasteiger partial charge on any atom is -0.463 e. The van der Waals surface area contributed by atoms with Crippen molar-refractivity contribution in [3.05, 3.63) is 23.8 Å². The Kier molecular flexibility index (Phi) is 4.94. The van der Waals surface area contributed by atoms with Gasteiger partial charge in [0.25, 0.3) is 0 Å². The molecule has 3 nitrogen and oxygen atoms in total. The Bertz CT molecular complexity index is 326. The highest BCUT2D eigenvalue weighted by atomic mass is 16.6. The molecule has 96 valence electrons. The van der Waals surface area contributed by atoms with E-state index in [4.69, 9.17) is 9.47 Å². The average molecular weight is 238 g/mol. The molecule has 1 saturated heterocycles. The summed E-state index contributed by atoms with van der Waals surface area (Å²) in [5.74, 6) is -0.289. The van der Waals surface area contributed by atoms with Gasteiger partial charge in [-0.2, -0.15) is 0 Å². The zero-order valence-electron chi connectivity index (χ0n) is 11.2. The lowest BCUT2D eigenvalue weighted by Gasteiger charge is -1.98. The highest BCUT2D eigenvalue weighted by Gasteiger charge is 2.46. The van der Waals surface area contributed by atoms with Gasteiger partial charge in [0.1, 0.15) is 0 Å². The van der Waals surface area contributed by atoms with E-state index in [1.807, 2.05) is 6.08 Å². The van der Waals surface area contributed by atoms with Gasteiger partial charge in [-0.15, -0.1) is 0 Å². The van der Waals surface area contributed by atoms with Crippen LogP contribution in [0.15, 0.2) is 23.8 Å². The van der Waals surface area contributed by atoms with Gasteiger partial charge in [0.05, 0.1) is 18.3 Å². The highest BCUT2D eigenvalue weighted by molar-refractivity contribution is 5.82. The third-order valence-corrected chi connectivity index (χ3v) is 2.86. The minimum atomic E-state index is -0.289. The van der Waals surface area contributed by atoms with Gasteiger partial charge in [0.2, 0.25) is 0 Å². The molecule has 0 saturated carbocycles. The summed E-state index contributed by atoms with van der Waals surface area (Å²) in [4.78, 5) is 11.0. The van der Waals surface area contributed by atoms with Gasteiger partial charge in [0.15, 0.2) is 0 Å². The number of rotatable bonds is 6. The number of esters is 1. The molecule has 1 rings (SSSR count). The quantitative estimate of drug-likeness (QED) is 0.309. The summed E-state index contributed by atoms with van der Waals surface area (Å²) in [5.41, 5.74) is 1.32. The van der Waals surface area contributed by atoms with E-state index in [1.54, 1.807) is 13.0 Å². The van der Waals surface area contributed by atoms with Crippen molar-refractivity contribution in [2.75, 3.05) is 6.61 Å². The Balaban J connectivity index is 2.23. The molecule has 1 aliphatic rings. The van der Waals surface area contributed by atoms with E-state index in [0.717, 1.165) is 12.8 Å². The number of epoxide rings is 1. The van der Waals surface area contributed by atoms with E-state index in [0.29, 0.717) is 12.7 Å². The van der Waals surface area contributed by atoms with Crippen molar-refractivity contribution in [1.29, 1.82) is 0 Å². The molecular weight excluding hydrogens is 216 g/mol. The number of carbonyl (C=O) groups excluding carboxylic acids is 1. The van der Waals surface area contributed by atoms with Crippen LogP contribution in [-0.2, 0) is 14.3 Å². The van der Waals surface area contributed by atoms with Gasteiger partial charge in [-0.25, -0.2) is 4.79 Å². The molecule has 0 aliphatic carbocycles. The molecule has 0 aromatic carbocycles. The summed E-state index contributed by atoms with van der Waals surface area (Å²) < 4.78 is 10.3. The van der Waals surface area contributed by atoms with Crippen LogP contribution in [0.5, 0.6) is 0 Å². The summed E-state index contributed by atoms with van der Waals surface area (Å²) in [5, 5.41) is 0. The summed E-state index contributed by atoms with van der Waals surface area (Å²) in [6.07, 6.45) is 7.58. The van der Waals surface area contributed by atoms with Crippen molar-refractivity contribution in [3.63, 3.8) is 0 Å². The van der Waals surface area contributed by atoms with Gasteiger partial charge in [0, 0.05) is 6.08 Å². The van der Waals surface area contributed by atoms with Crippen LogP contribution in [0, 0.1) is 0 Å². The number of carbonyl (C=O) groups is 1. The second-order valence-electron chi connectivity index (χ2n) is 4.87. The Morgan fingerprint density at radius 2 is 2.12 bits per heavy atom. The van der Waals surface area contributed by atoms with Crippen LogP contribution in [0.25, 0.3) is 0 Å². The zero-order valence-corrected chi connectivity index (χ0v) is 11.2. The maximum atomic E-state index is 11.0. The van der Waals surface area contributed by atoms with Crippen molar-refractivity contribution in [2.45, 2.75) is 52.2 Å². The number of hydrogen-bond acceptors (Lipinski definition) is 3. The fourth-order valence-electron chi connectivity index (χ4n) is 1.66. The van der Waals surface area contributed by atoms with Gasteiger partial charge in [-0.3, -0.25) is 0 Å². The first-order valence-corrected chi connectivity index (χ1v) is 6.14. The van der Waals surface area contributed by atoms with Gasteiger partial charge in [-0.1, -0.05) is 17.7 Å². The van der Waals surface area contributed by atoms with E-state index >= 15 is 0 Å². The zero-order chi connectivity index (χ0) is 12.9. The van der Waals surface area contributed by atoms with Crippen LogP contribution in [0.2, 0.25) is 0 Å². The Hall–Kier alpha value is -1.09. The van der Waals surface area contributed by atoms with Crippen LogP contribution >= 0.6 is 0 Å². The van der Waals surface area contributed by atoms with E-state index in [-0.39, 0.29) is 11.6 Å². The molecule has 1 aliphatic heterocycles. The van der Waals surface area contributed by atoms with Crippen molar-refractivity contribution in [2.24, 2.45) is 0 Å². The SMILES string of the molecule is CCOC(=O)/C=C/C=C(\C)CCC1OC1(C)C. The first kappa shape index (κ1) is 14.0. The molecule has 0 aromatic rings. The van der Waals surface area contributed by atoms with Crippen LogP contribution in [0.1, 0.15) is 40.5 Å². The number of hydrogen-bond donors (Lipinski definition) is 0. The Morgan fingerprint density at radius 3 is 2.65 bits per heavy atom. The molecule has 0 aromatic heterocycles. The number of ether oxygens (including phenoxy) is 2. The minimum absolute atomic E-state index is 0.0705. The molecule has 0 amide bonds. The molecular formula is C14H22O3. The van der Waals surface area contributed by atoms with Crippen LogP contribution in [0.4, 0.5) is 0 Å². The molecule has 1 fully saturated rings.